The number of amides is 4. The lowest BCUT2D eigenvalue weighted by Gasteiger charge is -2.21. The van der Waals surface area contributed by atoms with Gasteiger partial charge in [-0.1, -0.05) is 0 Å². The summed E-state index contributed by atoms with van der Waals surface area (Å²) in [5.74, 6) is -0.862. The number of rotatable bonds is 8. The molecule has 2 N–H and O–H groups in total. The molecular weight excluding hydrogens is 394 g/mol. The number of carbonyl (C=O) groups is 4. The fraction of sp³-hybridized carbons (Fsp3) is 0.500. The Morgan fingerprint density at radius 3 is 2.50 bits per heavy atom. The SMILES string of the molecule is COc1ccc(NC(=O)[C@H](C)OC(=O)CN2C(=O)N[C@@](C)(C3CC3)C2=O)cc1OC. The van der Waals surface area contributed by atoms with Crippen molar-refractivity contribution in [1.82, 2.24) is 10.2 Å². The van der Waals surface area contributed by atoms with E-state index in [0.717, 1.165) is 17.7 Å². The van der Waals surface area contributed by atoms with Crippen molar-refractivity contribution in [2.45, 2.75) is 38.3 Å². The van der Waals surface area contributed by atoms with E-state index in [1.807, 2.05) is 0 Å². The molecule has 1 saturated carbocycles. The summed E-state index contributed by atoms with van der Waals surface area (Å²) in [6.07, 6.45) is 0.573. The maximum absolute atomic E-state index is 12.6. The molecule has 1 aliphatic carbocycles. The molecule has 1 heterocycles. The molecule has 1 aromatic rings. The van der Waals surface area contributed by atoms with Crippen LogP contribution in [0.25, 0.3) is 0 Å². The molecule has 2 aliphatic rings. The first-order chi connectivity index (χ1) is 14.2. The van der Waals surface area contributed by atoms with E-state index < -0.39 is 42.0 Å². The summed E-state index contributed by atoms with van der Waals surface area (Å²) < 4.78 is 15.4. The minimum Gasteiger partial charge on any atom is -0.493 e. The summed E-state index contributed by atoms with van der Waals surface area (Å²) in [6, 6.07) is 4.17. The number of nitrogens with one attached hydrogen (secondary N) is 2. The van der Waals surface area contributed by atoms with Crippen molar-refractivity contribution in [2.75, 3.05) is 26.1 Å². The number of imide groups is 1. The summed E-state index contributed by atoms with van der Waals surface area (Å²) in [6.45, 7) is 2.50. The fourth-order valence-corrected chi connectivity index (χ4v) is 3.37. The third kappa shape index (κ3) is 4.17. The van der Waals surface area contributed by atoms with E-state index in [0.29, 0.717) is 17.2 Å². The summed E-state index contributed by atoms with van der Waals surface area (Å²) >= 11 is 0. The van der Waals surface area contributed by atoms with Crippen LogP contribution < -0.4 is 20.1 Å². The average molecular weight is 419 g/mol. The summed E-state index contributed by atoms with van der Waals surface area (Å²) in [7, 11) is 2.97. The summed E-state index contributed by atoms with van der Waals surface area (Å²) in [5, 5.41) is 5.26. The Kier molecular flexibility index (Phi) is 5.86. The second-order valence-electron chi connectivity index (χ2n) is 7.49. The highest BCUT2D eigenvalue weighted by Gasteiger charge is 2.56. The van der Waals surface area contributed by atoms with Crippen molar-refractivity contribution < 1.29 is 33.4 Å². The number of urea groups is 1. The maximum Gasteiger partial charge on any atom is 0.327 e. The third-order valence-electron chi connectivity index (χ3n) is 5.31. The Morgan fingerprint density at radius 1 is 1.23 bits per heavy atom. The van der Waals surface area contributed by atoms with Crippen LogP contribution in [0.15, 0.2) is 18.2 Å². The van der Waals surface area contributed by atoms with Gasteiger partial charge in [0.2, 0.25) is 0 Å². The van der Waals surface area contributed by atoms with E-state index in [2.05, 4.69) is 10.6 Å². The molecule has 0 radical (unpaired) electrons. The second kappa shape index (κ2) is 8.21. The van der Waals surface area contributed by atoms with Crippen molar-refractivity contribution in [3.63, 3.8) is 0 Å². The molecule has 0 bridgehead atoms. The molecule has 1 saturated heterocycles. The lowest BCUT2D eigenvalue weighted by Crippen LogP contribution is -2.46. The van der Waals surface area contributed by atoms with Gasteiger partial charge in [-0.15, -0.1) is 0 Å². The molecule has 1 aliphatic heterocycles. The Bertz CT molecular complexity index is 883. The van der Waals surface area contributed by atoms with Gasteiger partial charge in [0.05, 0.1) is 14.2 Å². The lowest BCUT2D eigenvalue weighted by molar-refractivity contribution is -0.155. The van der Waals surface area contributed by atoms with Crippen molar-refractivity contribution in [3.05, 3.63) is 18.2 Å². The van der Waals surface area contributed by atoms with E-state index in [-0.39, 0.29) is 5.92 Å². The molecule has 0 spiro atoms. The van der Waals surface area contributed by atoms with Gasteiger partial charge in [0.25, 0.3) is 11.8 Å². The van der Waals surface area contributed by atoms with Crippen molar-refractivity contribution in [1.29, 1.82) is 0 Å². The van der Waals surface area contributed by atoms with Gasteiger partial charge in [-0.25, -0.2) is 4.79 Å². The first-order valence-corrected chi connectivity index (χ1v) is 9.56. The molecule has 4 amide bonds. The van der Waals surface area contributed by atoms with Crippen molar-refractivity contribution in [2.24, 2.45) is 5.92 Å². The van der Waals surface area contributed by atoms with E-state index in [4.69, 9.17) is 14.2 Å². The van der Waals surface area contributed by atoms with Gasteiger partial charge in [-0.3, -0.25) is 19.3 Å². The first kappa shape index (κ1) is 21.4. The smallest absolute Gasteiger partial charge is 0.327 e. The van der Waals surface area contributed by atoms with Crippen molar-refractivity contribution in [3.8, 4) is 11.5 Å². The van der Waals surface area contributed by atoms with Crippen LogP contribution in [0.2, 0.25) is 0 Å². The molecule has 30 heavy (non-hydrogen) atoms. The average Bonchev–Trinajstić information content (AvgIpc) is 3.54. The van der Waals surface area contributed by atoms with Crippen LogP contribution in [0, 0.1) is 5.92 Å². The molecule has 10 heteroatoms. The maximum atomic E-state index is 12.6. The minimum atomic E-state index is -1.14. The number of benzene rings is 1. The zero-order chi connectivity index (χ0) is 22.1. The normalized spacial score (nSPS) is 21.7. The molecule has 2 atom stereocenters. The van der Waals surface area contributed by atoms with Gasteiger partial charge in [-0.05, 0) is 44.7 Å². The molecular formula is C20H25N3O7. The number of hydrogen-bond acceptors (Lipinski definition) is 7. The van der Waals surface area contributed by atoms with Gasteiger partial charge >= 0.3 is 12.0 Å². The third-order valence-corrected chi connectivity index (χ3v) is 5.31. The van der Waals surface area contributed by atoms with Crippen LogP contribution in [0.3, 0.4) is 0 Å². The number of carbonyl (C=O) groups excluding carboxylic acids is 4. The predicted molar refractivity (Wildman–Crippen MR) is 105 cm³/mol. The van der Waals surface area contributed by atoms with E-state index in [1.165, 1.54) is 21.1 Å². The fourth-order valence-electron chi connectivity index (χ4n) is 3.37. The van der Waals surface area contributed by atoms with Crippen LogP contribution in [0.5, 0.6) is 11.5 Å². The molecule has 10 nitrogen and oxygen atoms in total. The number of methoxy groups -OCH3 is 2. The minimum absolute atomic E-state index is 0.0844. The Hall–Kier alpha value is -3.30. The predicted octanol–water partition coefficient (Wildman–Crippen LogP) is 1.29. The molecule has 1 aromatic carbocycles. The highest BCUT2D eigenvalue weighted by Crippen LogP contribution is 2.42. The molecule has 0 unspecified atom stereocenters. The Morgan fingerprint density at radius 2 is 1.90 bits per heavy atom. The topological polar surface area (TPSA) is 123 Å². The summed E-state index contributed by atoms with van der Waals surface area (Å²) in [5.41, 5.74) is -0.553. The monoisotopic (exact) mass is 419 g/mol. The van der Waals surface area contributed by atoms with E-state index in [9.17, 15) is 19.2 Å². The number of esters is 1. The quantitative estimate of drug-likeness (QED) is 0.481. The van der Waals surface area contributed by atoms with Gasteiger partial charge in [0, 0.05) is 11.8 Å². The van der Waals surface area contributed by atoms with Gasteiger partial charge in [0.15, 0.2) is 17.6 Å². The number of hydrogen-bond donors (Lipinski definition) is 2. The largest absolute Gasteiger partial charge is 0.493 e. The highest BCUT2D eigenvalue weighted by atomic mass is 16.5. The van der Waals surface area contributed by atoms with Crippen LogP contribution in [0.1, 0.15) is 26.7 Å². The molecule has 3 rings (SSSR count). The standard InChI is InChI=1S/C20H25N3O7/c1-11(17(25)21-13-7-8-14(28-3)15(9-13)29-4)30-16(24)10-23-18(26)20(2,12-5-6-12)22-19(23)27/h7-9,11-12H,5-6,10H2,1-4H3,(H,21,25)(H,22,27)/t11-,20-/m0/s1. The lowest BCUT2D eigenvalue weighted by atomic mass is 9.96. The molecule has 162 valence electrons. The van der Waals surface area contributed by atoms with Crippen LogP contribution in [0.4, 0.5) is 10.5 Å². The molecule has 2 fully saturated rings. The van der Waals surface area contributed by atoms with Crippen LogP contribution in [-0.4, -0.2) is 61.1 Å². The number of nitrogens with zero attached hydrogens (tertiary/aromatic N) is 1. The Labute approximate surface area is 173 Å². The van der Waals surface area contributed by atoms with Gasteiger partial charge < -0.3 is 24.8 Å². The highest BCUT2D eigenvalue weighted by molar-refractivity contribution is 6.09. The van der Waals surface area contributed by atoms with E-state index in [1.54, 1.807) is 25.1 Å². The second-order valence-corrected chi connectivity index (χ2v) is 7.49. The number of ether oxygens (including phenoxy) is 3. The van der Waals surface area contributed by atoms with E-state index >= 15 is 0 Å². The van der Waals surface area contributed by atoms with Gasteiger partial charge in [0.1, 0.15) is 12.1 Å². The summed E-state index contributed by atoms with van der Waals surface area (Å²) in [4.78, 5) is 50.1. The zero-order valence-electron chi connectivity index (χ0n) is 17.3. The van der Waals surface area contributed by atoms with Crippen LogP contribution in [-0.2, 0) is 19.1 Å². The zero-order valence-corrected chi connectivity index (χ0v) is 17.3. The van der Waals surface area contributed by atoms with Crippen molar-refractivity contribution >= 4 is 29.5 Å². The van der Waals surface area contributed by atoms with Gasteiger partial charge in [-0.2, -0.15) is 0 Å². The number of anilines is 1. The Balaban J connectivity index is 1.56. The first-order valence-electron chi connectivity index (χ1n) is 9.56. The van der Waals surface area contributed by atoms with Crippen LogP contribution >= 0.6 is 0 Å². The molecule has 0 aromatic heterocycles.